The van der Waals surface area contributed by atoms with Crippen LogP contribution in [-0.2, 0) is 0 Å². The van der Waals surface area contributed by atoms with Crippen LogP contribution in [0.5, 0.6) is 5.75 Å². The predicted octanol–water partition coefficient (Wildman–Crippen LogP) is 5.64. The molecule has 0 amide bonds. The number of aryl methyl sites for hydroxylation is 1. The Hall–Kier alpha value is -3.37. The van der Waals surface area contributed by atoms with Crippen LogP contribution in [0.1, 0.15) is 15.9 Å². The molecule has 5 heteroatoms. The van der Waals surface area contributed by atoms with E-state index in [4.69, 9.17) is 20.8 Å². The molecule has 0 aliphatic rings. The molecule has 1 aromatic heterocycles. The minimum Gasteiger partial charge on any atom is -0.456 e. The molecule has 0 aliphatic heterocycles. The van der Waals surface area contributed by atoms with E-state index >= 15 is 0 Å². The Labute approximate surface area is 166 Å². The van der Waals surface area contributed by atoms with Crippen molar-refractivity contribution in [3.8, 4) is 17.1 Å². The summed E-state index contributed by atoms with van der Waals surface area (Å²) in [7, 11) is 0. The SMILES string of the molecule is Cc1cccc(C(=O)Oc2ccc3oc(-c4ccc(Cl)cc4)cc(=O)c3c2)c1. The van der Waals surface area contributed by atoms with Crippen LogP contribution < -0.4 is 10.2 Å². The second-order valence-corrected chi connectivity index (χ2v) is 6.84. The van der Waals surface area contributed by atoms with Gasteiger partial charge in [-0.3, -0.25) is 4.79 Å². The molecule has 4 aromatic rings. The van der Waals surface area contributed by atoms with Crippen LogP contribution in [0.25, 0.3) is 22.3 Å². The second kappa shape index (κ2) is 7.33. The van der Waals surface area contributed by atoms with Crippen molar-refractivity contribution in [1.29, 1.82) is 0 Å². The van der Waals surface area contributed by atoms with Gasteiger partial charge in [-0.1, -0.05) is 29.3 Å². The minimum atomic E-state index is -0.481. The van der Waals surface area contributed by atoms with E-state index < -0.39 is 5.97 Å². The molecule has 0 bridgehead atoms. The smallest absolute Gasteiger partial charge is 0.343 e. The maximum Gasteiger partial charge on any atom is 0.343 e. The van der Waals surface area contributed by atoms with E-state index in [0.717, 1.165) is 11.1 Å². The van der Waals surface area contributed by atoms with E-state index in [1.165, 1.54) is 12.1 Å². The van der Waals surface area contributed by atoms with E-state index in [0.29, 0.717) is 27.3 Å². The third-order valence-electron chi connectivity index (χ3n) is 4.29. The molecule has 138 valence electrons. The summed E-state index contributed by atoms with van der Waals surface area (Å²) in [6, 6.07) is 20.3. The zero-order chi connectivity index (χ0) is 19.7. The van der Waals surface area contributed by atoms with Gasteiger partial charge in [-0.25, -0.2) is 4.79 Å². The number of ether oxygens (including phenoxy) is 1. The number of halogens is 1. The third kappa shape index (κ3) is 3.68. The van der Waals surface area contributed by atoms with Crippen LogP contribution in [-0.4, -0.2) is 5.97 Å². The molecule has 0 radical (unpaired) electrons. The van der Waals surface area contributed by atoms with Gasteiger partial charge in [-0.15, -0.1) is 0 Å². The molecular weight excluding hydrogens is 376 g/mol. The predicted molar refractivity (Wildman–Crippen MR) is 109 cm³/mol. The van der Waals surface area contributed by atoms with Crippen molar-refractivity contribution in [2.75, 3.05) is 0 Å². The number of carbonyl (C=O) groups is 1. The van der Waals surface area contributed by atoms with E-state index in [9.17, 15) is 9.59 Å². The molecule has 3 aromatic carbocycles. The highest BCUT2D eigenvalue weighted by Gasteiger charge is 2.12. The Morgan fingerprint density at radius 1 is 0.964 bits per heavy atom. The first-order valence-electron chi connectivity index (χ1n) is 8.62. The summed E-state index contributed by atoms with van der Waals surface area (Å²) in [5.41, 5.74) is 2.35. The topological polar surface area (TPSA) is 56.5 Å². The number of benzene rings is 3. The summed E-state index contributed by atoms with van der Waals surface area (Å²) in [4.78, 5) is 24.9. The summed E-state index contributed by atoms with van der Waals surface area (Å²) in [5.74, 6) is 0.245. The summed E-state index contributed by atoms with van der Waals surface area (Å²) < 4.78 is 11.3. The van der Waals surface area contributed by atoms with E-state index in [1.54, 1.807) is 54.6 Å². The average molecular weight is 391 g/mol. The van der Waals surface area contributed by atoms with Gasteiger partial charge < -0.3 is 9.15 Å². The fraction of sp³-hybridized carbons (Fsp3) is 0.0435. The molecule has 0 saturated heterocycles. The van der Waals surface area contributed by atoms with Crippen LogP contribution in [0.4, 0.5) is 0 Å². The quantitative estimate of drug-likeness (QED) is 0.335. The first-order valence-corrected chi connectivity index (χ1v) is 9.00. The summed E-state index contributed by atoms with van der Waals surface area (Å²) in [5, 5.41) is 0.944. The third-order valence-corrected chi connectivity index (χ3v) is 4.54. The van der Waals surface area contributed by atoms with Crippen LogP contribution in [0, 0.1) is 6.92 Å². The normalized spacial score (nSPS) is 10.8. The van der Waals surface area contributed by atoms with Crippen molar-refractivity contribution in [2.45, 2.75) is 6.92 Å². The number of hydrogen-bond donors (Lipinski definition) is 0. The maximum atomic E-state index is 12.6. The van der Waals surface area contributed by atoms with Crippen molar-refractivity contribution in [3.05, 3.63) is 99.2 Å². The van der Waals surface area contributed by atoms with Gasteiger partial charge >= 0.3 is 5.97 Å². The van der Waals surface area contributed by atoms with Gasteiger partial charge in [-0.05, 0) is 61.5 Å². The summed E-state index contributed by atoms with van der Waals surface area (Å²) >= 11 is 5.90. The van der Waals surface area contributed by atoms with Gasteiger partial charge in [0, 0.05) is 16.7 Å². The second-order valence-electron chi connectivity index (χ2n) is 6.40. The van der Waals surface area contributed by atoms with Crippen LogP contribution in [0.2, 0.25) is 5.02 Å². The van der Waals surface area contributed by atoms with Crippen LogP contribution in [0.15, 0.2) is 82.0 Å². The van der Waals surface area contributed by atoms with Crippen LogP contribution >= 0.6 is 11.6 Å². The highest BCUT2D eigenvalue weighted by Crippen LogP contribution is 2.26. The monoisotopic (exact) mass is 390 g/mol. The molecule has 0 saturated carbocycles. The average Bonchev–Trinajstić information content (AvgIpc) is 2.69. The molecule has 0 spiro atoms. The summed E-state index contributed by atoms with van der Waals surface area (Å²) in [6.45, 7) is 1.90. The van der Waals surface area contributed by atoms with Crippen molar-refractivity contribution in [2.24, 2.45) is 0 Å². The molecule has 4 nitrogen and oxygen atoms in total. The van der Waals surface area contributed by atoms with Gasteiger partial charge in [0.2, 0.25) is 0 Å². The number of hydrogen-bond acceptors (Lipinski definition) is 4. The Morgan fingerprint density at radius 2 is 1.75 bits per heavy atom. The van der Waals surface area contributed by atoms with Crippen molar-refractivity contribution < 1.29 is 13.9 Å². The number of rotatable bonds is 3. The highest BCUT2D eigenvalue weighted by molar-refractivity contribution is 6.30. The van der Waals surface area contributed by atoms with Crippen molar-refractivity contribution in [3.63, 3.8) is 0 Å². The largest absolute Gasteiger partial charge is 0.456 e. The summed E-state index contributed by atoms with van der Waals surface area (Å²) in [6.07, 6.45) is 0. The van der Waals surface area contributed by atoms with E-state index in [2.05, 4.69) is 0 Å². The van der Waals surface area contributed by atoms with Gasteiger partial charge in [0.1, 0.15) is 17.1 Å². The van der Waals surface area contributed by atoms with Crippen LogP contribution in [0.3, 0.4) is 0 Å². The molecule has 0 aliphatic carbocycles. The lowest BCUT2D eigenvalue weighted by atomic mass is 10.1. The zero-order valence-electron chi connectivity index (χ0n) is 14.9. The minimum absolute atomic E-state index is 0.223. The first-order chi connectivity index (χ1) is 13.5. The zero-order valence-corrected chi connectivity index (χ0v) is 15.7. The molecule has 0 atom stereocenters. The Balaban J connectivity index is 1.67. The Kier molecular flexibility index (Phi) is 4.72. The molecule has 28 heavy (non-hydrogen) atoms. The van der Waals surface area contributed by atoms with E-state index in [1.807, 2.05) is 13.0 Å². The Bertz CT molecular complexity index is 1240. The lowest BCUT2D eigenvalue weighted by Gasteiger charge is -2.07. The number of carbonyl (C=O) groups excluding carboxylic acids is 1. The molecular formula is C23H15ClO4. The van der Waals surface area contributed by atoms with E-state index in [-0.39, 0.29) is 11.2 Å². The number of esters is 1. The molecule has 0 N–H and O–H groups in total. The van der Waals surface area contributed by atoms with Gasteiger partial charge in [0.05, 0.1) is 10.9 Å². The first kappa shape index (κ1) is 18.0. The van der Waals surface area contributed by atoms with Crippen molar-refractivity contribution >= 4 is 28.5 Å². The lowest BCUT2D eigenvalue weighted by molar-refractivity contribution is 0.0735. The fourth-order valence-corrected chi connectivity index (χ4v) is 3.02. The molecule has 4 rings (SSSR count). The maximum absolute atomic E-state index is 12.6. The molecule has 0 fully saturated rings. The molecule has 0 unspecified atom stereocenters. The fourth-order valence-electron chi connectivity index (χ4n) is 2.89. The lowest BCUT2D eigenvalue weighted by Crippen LogP contribution is -2.09. The highest BCUT2D eigenvalue weighted by atomic mass is 35.5. The van der Waals surface area contributed by atoms with Gasteiger partial charge in [0.15, 0.2) is 5.43 Å². The van der Waals surface area contributed by atoms with Crippen molar-refractivity contribution in [1.82, 2.24) is 0 Å². The van der Waals surface area contributed by atoms with Gasteiger partial charge in [-0.2, -0.15) is 0 Å². The number of fused-ring (bicyclic) bond motifs is 1. The standard InChI is InChI=1S/C23H15ClO4/c1-14-3-2-4-16(11-14)23(26)27-18-9-10-21-19(12-18)20(25)13-22(28-21)15-5-7-17(24)8-6-15/h2-13H,1H3. The Morgan fingerprint density at radius 3 is 2.50 bits per heavy atom. The van der Waals surface area contributed by atoms with Gasteiger partial charge in [0.25, 0.3) is 0 Å². The molecule has 1 heterocycles.